The van der Waals surface area contributed by atoms with E-state index < -0.39 is 0 Å². The Kier molecular flexibility index (Phi) is 4.74. The summed E-state index contributed by atoms with van der Waals surface area (Å²) in [5.41, 5.74) is 0. The van der Waals surface area contributed by atoms with Crippen molar-refractivity contribution in [1.82, 2.24) is 10.2 Å². The normalized spacial score (nSPS) is 27.5. The third-order valence-corrected chi connectivity index (χ3v) is 3.30. The molecule has 2 atom stereocenters. The highest BCUT2D eigenvalue weighted by molar-refractivity contribution is 4.77. The molecular weight excluding hydrogens is 160 g/mol. The summed E-state index contributed by atoms with van der Waals surface area (Å²) in [4.78, 5) is 2.63. The molecule has 0 bridgehead atoms. The minimum absolute atomic E-state index is 0.681. The smallest absolute Gasteiger partial charge is 0.0189 e. The molecule has 0 aromatic heterocycles. The first-order chi connectivity index (χ1) is 6.27. The Morgan fingerprint density at radius 2 is 2.23 bits per heavy atom. The van der Waals surface area contributed by atoms with Crippen molar-refractivity contribution in [2.75, 3.05) is 20.1 Å². The summed E-state index contributed by atoms with van der Waals surface area (Å²) in [6.07, 6.45) is 5.44. The van der Waals surface area contributed by atoms with Crippen LogP contribution in [0.3, 0.4) is 0 Å². The van der Waals surface area contributed by atoms with Crippen LogP contribution in [0.4, 0.5) is 0 Å². The van der Waals surface area contributed by atoms with Crippen LogP contribution in [0, 0.1) is 0 Å². The van der Waals surface area contributed by atoms with Gasteiger partial charge in [-0.2, -0.15) is 0 Å². The van der Waals surface area contributed by atoms with Crippen molar-refractivity contribution in [3.05, 3.63) is 0 Å². The minimum atomic E-state index is 0.681. The zero-order valence-corrected chi connectivity index (χ0v) is 9.34. The fourth-order valence-corrected chi connectivity index (χ4v) is 2.14. The van der Waals surface area contributed by atoms with Crippen molar-refractivity contribution in [3.63, 3.8) is 0 Å². The van der Waals surface area contributed by atoms with E-state index in [-0.39, 0.29) is 0 Å². The fraction of sp³-hybridized carbons (Fsp3) is 1.00. The Labute approximate surface area is 82.7 Å². The maximum absolute atomic E-state index is 3.38. The summed E-state index contributed by atoms with van der Waals surface area (Å²) in [5, 5.41) is 3.38. The SMILES string of the molecule is CCC(CN1CCCCC1C)NC. The van der Waals surface area contributed by atoms with Gasteiger partial charge in [-0.1, -0.05) is 13.3 Å². The first kappa shape index (κ1) is 11.0. The molecule has 2 unspecified atom stereocenters. The Morgan fingerprint density at radius 3 is 2.77 bits per heavy atom. The van der Waals surface area contributed by atoms with E-state index in [0.717, 1.165) is 6.04 Å². The molecule has 0 spiro atoms. The van der Waals surface area contributed by atoms with Crippen molar-refractivity contribution in [2.24, 2.45) is 0 Å². The van der Waals surface area contributed by atoms with Crippen LogP contribution < -0.4 is 5.32 Å². The largest absolute Gasteiger partial charge is 0.316 e. The van der Waals surface area contributed by atoms with Gasteiger partial charge in [0.15, 0.2) is 0 Å². The average molecular weight is 184 g/mol. The van der Waals surface area contributed by atoms with Crippen molar-refractivity contribution < 1.29 is 0 Å². The van der Waals surface area contributed by atoms with Crippen LogP contribution in [0.5, 0.6) is 0 Å². The summed E-state index contributed by atoms with van der Waals surface area (Å²) in [7, 11) is 2.07. The van der Waals surface area contributed by atoms with Gasteiger partial charge >= 0.3 is 0 Å². The molecule has 1 aliphatic rings. The highest BCUT2D eigenvalue weighted by atomic mass is 15.2. The van der Waals surface area contributed by atoms with Crippen LogP contribution in [0.25, 0.3) is 0 Å². The predicted octanol–water partition coefficient (Wildman–Crippen LogP) is 1.86. The zero-order chi connectivity index (χ0) is 9.68. The highest BCUT2D eigenvalue weighted by Gasteiger charge is 2.19. The molecule has 1 heterocycles. The Morgan fingerprint density at radius 1 is 1.46 bits per heavy atom. The predicted molar refractivity (Wildman–Crippen MR) is 58.0 cm³/mol. The number of likely N-dealkylation sites (N-methyl/N-ethyl adjacent to an activating group) is 1. The van der Waals surface area contributed by atoms with E-state index in [0.29, 0.717) is 6.04 Å². The fourth-order valence-electron chi connectivity index (χ4n) is 2.14. The molecule has 0 amide bonds. The molecule has 78 valence electrons. The Bertz CT molecular complexity index is 132. The molecule has 0 saturated carbocycles. The molecule has 1 saturated heterocycles. The van der Waals surface area contributed by atoms with E-state index >= 15 is 0 Å². The van der Waals surface area contributed by atoms with Gasteiger partial charge in [-0.3, -0.25) is 4.90 Å². The summed E-state index contributed by atoms with van der Waals surface area (Å²) in [6.45, 7) is 7.16. The van der Waals surface area contributed by atoms with Crippen LogP contribution in [0.1, 0.15) is 39.5 Å². The zero-order valence-electron chi connectivity index (χ0n) is 9.34. The molecule has 2 nitrogen and oxygen atoms in total. The van der Waals surface area contributed by atoms with Crippen LogP contribution in [-0.4, -0.2) is 37.1 Å². The van der Waals surface area contributed by atoms with E-state index in [1.54, 1.807) is 0 Å². The van der Waals surface area contributed by atoms with Gasteiger partial charge in [0, 0.05) is 18.6 Å². The molecule has 1 N–H and O–H groups in total. The lowest BCUT2D eigenvalue weighted by molar-refractivity contribution is 0.145. The van der Waals surface area contributed by atoms with Gasteiger partial charge in [0.25, 0.3) is 0 Å². The molecule has 0 aliphatic carbocycles. The maximum atomic E-state index is 3.38. The summed E-state index contributed by atoms with van der Waals surface area (Å²) in [5.74, 6) is 0. The molecular formula is C11H24N2. The third-order valence-electron chi connectivity index (χ3n) is 3.30. The topological polar surface area (TPSA) is 15.3 Å². The van der Waals surface area contributed by atoms with E-state index in [9.17, 15) is 0 Å². The quantitative estimate of drug-likeness (QED) is 0.717. The van der Waals surface area contributed by atoms with Gasteiger partial charge in [0.1, 0.15) is 0 Å². The summed E-state index contributed by atoms with van der Waals surface area (Å²) in [6, 6.07) is 1.48. The minimum Gasteiger partial charge on any atom is -0.316 e. The second kappa shape index (κ2) is 5.61. The first-order valence-corrected chi connectivity index (χ1v) is 5.69. The van der Waals surface area contributed by atoms with Gasteiger partial charge in [-0.15, -0.1) is 0 Å². The Hall–Kier alpha value is -0.0800. The molecule has 1 aliphatic heterocycles. The van der Waals surface area contributed by atoms with Gasteiger partial charge < -0.3 is 5.32 Å². The van der Waals surface area contributed by atoms with Gasteiger partial charge in [0.05, 0.1) is 0 Å². The lowest BCUT2D eigenvalue weighted by Gasteiger charge is -2.35. The number of rotatable bonds is 4. The second-order valence-electron chi connectivity index (χ2n) is 4.23. The molecule has 0 radical (unpaired) electrons. The molecule has 1 rings (SSSR count). The molecule has 1 fully saturated rings. The summed E-state index contributed by atoms with van der Waals surface area (Å²) < 4.78 is 0. The standard InChI is InChI=1S/C11H24N2/c1-4-11(12-3)9-13-8-6-5-7-10(13)2/h10-12H,4-9H2,1-3H3. The Balaban J connectivity index is 2.32. The number of nitrogens with one attached hydrogen (secondary N) is 1. The molecule has 0 aromatic carbocycles. The summed E-state index contributed by atoms with van der Waals surface area (Å²) >= 11 is 0. The van der Waals surface area contributed by atoms with Gasteiger partial charge in [-0.25, -0.2) is 0 Å². The van der Waals surface area contributed by atoms with Crippen molar-refractivity contribution in [2.45, 2.75) is 51.6 Å². The number of likely N-dealkylation sites (tertiary alicyclic amines) is 1. The first-order valence-electron chi connectivity index (χ1n) is 5.69. The van der Waals surface area contributed by atoms with Crippen LogP contribution in [-0.2, 0) is 0 Å². The van der Waals surface area contributed by atoms with E-state index in [1.807, 2.05) is 0 Å². The molecule has 0 aromatic rings. The maximum Gasteiger partial charge on any atom is 0.0189 e. The number of hydrogen-bond donors (Lipinski definition) is 1. The molecule has 13 heavy (non-hydrogen) atoms. The second-order valence-corrected chi connectivity index (χ2v) is 4.23. The van der Waals surface area contributed by atoms with E-state index in [2.05, 4.69) is 31.1 Å². The van der Waals surface area contributed by atoms with Crippen LogP contribution in [0.15, 0.2) is 0 Å². The van der Waals surface area contributed by atoms with E-state index in [4.69, 9.17) is 0 Å². The van der Waals surface area contributed by atoms with Gasteiger partial charge in [0.2, 0.25) is 0 Å². The molecule has 2 heteroatoms. The number of hydrogen-bond acceptors (Lipinski definition) is 2. The van der Waals surface area contributed by atoms with Crippen LogP contribution in [0.2, 0.25) is 0 Å². The van der Waals surface area contributed by atoms with Crippen molar-refractivity contribution in [1.29, 1.82) is 0 Å². The van der Waals surface area contributed by atoms with Crippen LogP contribution >= 0.6 is 0 Å². The van der Waals surface area contributed by atoms with Crippen molar-refractivity contribution >= 4 is 0 Å². The number of piperidine rings is 1. The monoisotopic (exact) mass is 184 g/mol. The average Bonchev–Trinajstić information content (AvgIpc) is 2.17. The third kappa shape index (κ3) is 3.28. The lowest BCUT2D eigenvalue weighted by Crippen LogP contribution is -2.45. The number of nitrogens with zero attached hydrogens (tertiary/aromatic N) is 1. The van der Waals surface area contributed by atoms with E-state index in [1.165, 1.54) is 38.8 Å². The van der Waals surface area contributed by atoms with Crippen molar-refractivity contribution in [3.8, 4) is 0 Å². The lowest BCUT2D eigenvalue weighted by atomic mass is 10.0. The highest BCUT2D eigenvalue weighted by Crippen LogP contribution is 2.16. The van der Waals surface area contributed by atoms with Gasteiger partial charge in [-0.05, 0) is 39.8 Å².